The molecule has 3 aliphatic rings. The van der Waals surface area contributed by atoms with Gasteiger partial charge in [-0.2, -0.15) is 0 Å². The van der Waals surface area contributed by atoms with Gasteiger partial charge in [0, 0.05) is 5.92 Å². The molecule has 2 fully saturated rings. The van der Waals surface area contributed by atoms with Crippen molar-refractivity contribution in [2.24, 2.45) is 11.3 Å². The van der Waals surface area contributed by atoms with E-state index < -0.39 is 8.07 Å². The van der Waals surface area contributed by atoms with Crippen LogP contribution in [-0.2, 0) is 9.53 Å². The molecule has 1 saturated heterocycles. The summed E-state index contributed by atoms with van der Waals surface area (Å²) in [6, 6.07) is 0. The monoisotopic (exact) mass is 276 g/mol. The highest BCUT2D eigenvalue weighted by atomic mass is 28.3. The zero-order chi connectivity index (χ0) is 13.7. The first-order valence-electron chi connectivity index (χ1n) is 7.55. The predicted octanol–water partition coefficient (Wildman–Crippen LogP) is 3.85. The molecule has 1 spiro atoms. The number of fused-ring (bicyclic) bond motifs is 2. The Morgan fingerprint density at radius 2 is 1.89 bits per heavy atom. The highest BCUT2D eigenvalue weighted by molar-refractivity contribution is 6.83. The van der Waals surface area contributed by atoms with Crippen molar-refractivity contribution in [2.75, 3.05) is 0 Å². The van der Waals surface area contributed by atoms with Crippen LogP contribution in [0.1, 0.15) is 32.1 Å². The SMILES string of the molecule is C[Si](C)(C)C1=C[C@@H]2OC(=O)C3(CCCCC3)[C@@H]2C=C1. The van der Waals surface area contributed by atoms with Crippen molar-refractivity contribution < 1.29 is 9.53 Å². The van der Waals surface area contributed by atoms with Gasteiger partial charge in [0.25, 0.3) is 0 Å². The van der Waals surface area contributed by atoms with Crippen LogP contribution in [0, 0.1) is 11.3 Å². The van der Waals surface area contributed by atoms with Gasteiger partial charge in [-0.05, 0) is 18.9 Å². The largest absolute Gasteiger partial charge is 0.457 e. The van der Waals surface area contributed by atoms with Crippen LogP contribution in [-0.4, -0.2) is 20.1 Å². The van der Waals surface area contributed by atoms with Crippen molar-refractivity contribution in [3.8, 4) is 0 Å². The molecular formula is C16H24O2Si. The number of esters is 1. The lowest BCUT2D eigenvalue weighted by atomic mass is 9.65. The van der Waals surface area contributed by atoms with Gasteiger partial charge in [-0.3, -0.25) is 4.79 Å². The second kappa shape index (κ2) is 4.34. The van der Waals surface area contributed by atoms with E-state index in [1.807, 2.05) is 0 Å². The van der Waals surface area contributed by atoms with Gasteiger partial charge in [0.1, 0.15) is 6.10 Å². The zero-order valence-electron chi connectivity index (χ0n) is 12.2. The highest BCUT2D eigenvalue weighted by Crippen LogP contribution is 2.52. The number of hydrogen-bond donors (Lipinski definition) is 0. The fourth-order valence-corrected chi connectivity index (χ4v) is 5.12. The van der Waals surface area contributed by atoms with E-state index in [0.717, 1.165) is 12.8 Å². The second-order valence-electron chi connectivity index (χ2n) is 7.34. The molecule has 0 aromatic carbocycles. The number of rotatable bonds is 1. The molecule has 0 N–H and O–H groups in total. The molecule has 1 heterocycles. The Morgan fingerprint density at radius 3 is 2.53 bits per heavy atom. The van der Waals surface area contributed by atoms with Crippen molar-refractivity contribution in [1.82, 2.24) is 0 Å². The molecule has 0 bridgehead atoms. The van der Waals surface area contributed by atoms with Crippen LogP contribution in [0.4, 0.5) is 0 Å². The maximum atomic E-state index is 12.4. The Labute approximate surface area is 116 Å². The van der Waals surface area contributed by atoms with Gasteiger partial charge in [0.15, 0.2) is 0 Å². The number of ether oxygens (including phenoxy) is 1. The summed E-state index contributed by atoms with van der Waals surface area (Å²) in [7, 11) is -1.32. The second-order valence-corrected chi connectivity index (χ2v) is 12.4. The van der Waals surface area contributed by atoms with Crippen LogP contribution in [0.25, 0.3) is 0 Å². The van der Waals surface area contributed by atoms with Crippen molar-refractivity contribution >= 4 is 14.0 Å². The van der Waals surface area contributed by atoms with Crippen LogP contribution < -0.4 is 0 Å². The first kappa shape index (κ1) is 13.2. The average molecular weight is 276 g/mol. The van der Waals surface area contributed by atoms with E-state index in [-0.39, 0.29) is 17.5 Å². The minimum Gasteiger partial charge on any atom is -0.457 e. The smallest absolute Gasteiger partial charge is 0.313 e. The van der Waals surface area contributed by atoms with Gasteiger partial charge < -0.3 is 4.74 Å². The predicted molar refractivity (Wildman–Crippen MR) is 79.5 cm³/mol. The molecule has 0 unspecified atom stereocenters. The van der Waals surface area contributed by atoms with E-state index in [2.05, 4.69) is 37.9 Å². The lowest BCUT2D eigenvalue weighted by molar-refractivity contribution is -0.149. The number of carbonyl (C=O) groups excluding carboxylic acids is 1. The molecule has 1 saturated carbocycles. The highest BCUT2D eigenvalue weighted by Gasteiger charge is 2.56. The van der Waals surface area contributed by atoms with Crippen LogP contribution >= 0.6 is 0 Å². The molecule has 1 aliphatic heterocycles. The summed E-state index contributed by atoms with van der Waals surface area (Å²) >= 11 is 0. The molecule has 3 rings (SSSR count). The Morgan fingerprint density at radius 1 is 1.21 bits per heavy atom. The Balaban J connectivity index is 1.91. The van der Waals surface area contributed by atoms with E-state index in [9.17, 15) is 4.79 Å². The van der Waals surface area contributed by atoms with Crippen LogP contribution in [0.2, 0.25) is 19.6 Å². The molecule has 2 nitrogen and oxygen atoms in total. The average Bonchev–Trinajstić information content (AvgIpc) is 2.62. The molecule has 0 aromatic rings. The van der Waals surface area contributed by atoms with Crippen LogP contribution in [0.5, 0.6) is 0 Å². The summed E-state index contributed by atoms with van der Waals surface area (Å²) in [6.45, 7) is 7.03. The van der Waals surface area contributed by atoms with Gasteiger partial charge in [-0.15, -0.1) is 0 Å². The molecule has 104 valence electrons. The van der Waals surface area contributed by atoms with Crippen LogP contribution in [0.15, 0.2) is 23.4 Å². The molecule has 3 heteroatoms. The van der Waals surface area contributed by atoms with E-state index in [1.165, 1.54) is 24.5 Å². The summed E-state index contributed by atoms with van der Waals surface area (Å²) in [5, 5.41) is 1.43. The topological polar surface area (TPSA) is 26.3 Å². The molecule has 0 aromatic heterocycles. The van der Waals surface area contributed by atoms with E-state index in [0.29, 0.717) is 5.92 Å². The Bertz CT molecular complexity index is 450. The third-order valence-electron chi connectivity index (χ3n) is 5.08. The van der Waals surface area contributed by atoms with Gasteiger partial charge in [0.2, 0.25) is 0 Å². The molecular weight excluding hydrogens is 252 g/mol. The number of hydrogen-bond acceptors (Lipinski definition) is 2. The summed E-state index contributed by atoms with van der Waals surface area (Å²) in [5.74, 6) is 0.361. The maximum Gasteiger partial charge on any atom is 0.313 e. The van der Waals surface area contributed by atoms with E-state index in [1.54, 1.807) is 0 Å². The Hall–Kier alpha value is -0.833. The van der Waals surface area contributed by atoms with Gasteiger partial charge in [-0.25, -0.2) is 0 Å². The van der Waals surface area contributed by atoms with Gasteiger partial charge >= 0.3 is 5.97 Å². The fourth-order valence-electron chi connectivity index (χ4n) is 3.86. The molecule has 19 heavy (non-hydrogen) atoms. The minimum absolute atomic E-state index is 0.0114. The number of allylic oxidation sites excluding steroid dienone is 2. The number of carbonyl (C=O) groups is 1. The molecule has 0 amide bonds. The van der Waals surface area contributed by atoms with Crippen molar-refractivity contribution in [1.29, 1.82) is 0 Å². The fraction of sp³-hybridized carbons (Fsp3) is 0.688. The van der Waals surface area contributed by atoms with Gasteiger partial charge in [0.05, 0.1) is 13.5 Å². The van der Waals surface area contributed by atoms with Crippen molar-refractivity contribution in [2.45, 2.75) is 57.8 Å². The lowest BCUT2D eigenvalue weighted by Gasteiger charge is -2.35. The molecule has 0 radical (unpaired) electrons. The first-order chi connectivity index (χ1) is 8.93. The normalized spacial score (nSPS) is 33.0. The third kappa shape index (κ3) is 2.02. The summed E-state index contributed by atoms with van der Waals surface area (Å²) in [6.07, 6.45) is 12.5. The standard InChI is InChI=1S/C16H24O2Si/c1-19(2,3)12-7-8-13-14(11-12)18-15(17)16(13)9-5-4-6-10-16/h7-8,11,13-14H,4-6,9-10H2,1-3H3/t13-,14+/m1/s1. The molecule has 2 atom stereocenters. The van der Waals surface area contributed by atoms with E-state index >= 15 is 0 Å². The van der Waals surface area contributed by atoms with E-state index in [4.69, 9.17) is 4.74 Å². The van der Waals surface area contributed by atoms with Gasteiger partial charge in [-0.1, -0.05) is 56.3 Å². The van der Waals surface area contributed by atoms with Crippen molar-refractivity contribution in [3.05, 3.63) is 23.4 Å². The first-order valence-corrected chi connectivity index (χ1v) is 11.1. The third-order valence-corrected chi connectivity index (χ3v) is 7.15. The summed E-state index contributed by atoms with van der Waals surface area (Å²) in [5.41, 5.74) is -0.194. The Kier molecular flexibility index (Phi) is 3.00. The zero-order valence-corrected chi connectivity index (χ0v) is 13.2. The minimum atomic E-state index is -1.32. The maximum absolute atomic E-state index is 12.4. The lowest BCUT2D eigenvalue weighted by Crippen LogP contribution is -2.37. The summed E-state index contributed by atoms with van der Waals surface area (Å²) in [4.78, 5) is 12.4. The van der Waals surface area contributed by atoms with Crippen molar-refractivity contribution in [3.63, 3.8) is 0 Å². The quantitative estimate of drug-likeness (QED) is 0.537. The molecule has 2 aliphatic carbocycles. The summed E-state index contributed by atoms with van der Waals surface area (Å²) < 4.78 is 5.74. The van der Waals surface area contributed by atoms with Crippen LogP contribution in [0.3, 0.4) is 0 Å².